The molecule has 1 aliphatic rings. The van der Waals surface area contributed by atoms with Gasteiger partial charge >= 0.3 is 0 Å². The van der Waals surface area contributed by atoms with E-state index in [9.17, 15) is 9.18 Å². The summed E-state index contributed by atoms with van der Waals surface area (Å²) in [5.41, 5.74) is 0.862. The number of carbonyl (C=O) groups is 1. The van der Waals surface area contributed by atoms with Crippen molar-refractivity contribution in [3.8, 4) is 5.75 Å². The first-order chi connectivity index (χ1) is 11.5. The Morgan fingerprint density at radius 1 is 1.29 bits per heavy atom. The molecule has 0 unspecified atom stereocenters. The van der Waals surface area contributed by atoms with Gasteiger partial charge in [0, 0.05) is 44.3 Å². The average molecular weight is 337 g/mol. The van der Waals surface area contributed by atoms with Crippen molar-refractivity contribution in [2.24, 2.45) is 0 Å². The number of hydrogen-bond donors (Lipinski definition) is 1. The summed E-state index contributed by atoms with van der Waals surface area (Å²) >= 11 is 0. The predicted octanol–water partition coefficient (Wildman–Crippen LogP) is 1.87. The molecule has 2 rings (SSSR count). The molecule has 1 aromatic rings. The Bertz CT molecular complexity index is 545. The van der Waals surface area contributed by atoms with E-state index in [0.29, 0.717) is 18.8 Å². The van der Waals surface area contributed by atoms with Crippen molar-refractivity contribution in [3.63, 3.8) is 0 Å². The van der Waals surface area contributed by atoms with Crippen LogP contribution < -0.4 is 10.1 Å². The fourth-order valence-corrected chi connectivity index (χ4v) is 2.84. The average Bonchev–Trinajstić information content (AvgIpc) is 2.56. The van der Waals surface area contributed by atoms with Crippen molar-refractivity contribution in [3.05, 3.63) is 29.6 Å². The van der Waals surface area contributed by atoms with Gasteiger partial charge in [-0.15, -0.1) is 0 Å². The fourth-order valence-electron chi connectivity index (χ4n) is 2.84. The van der Waals surface area contributed by atoms with E-state index < -0.39 is 0 Å². The molecular formula is C18H28FN3O2. The third-order valence-electron chi connectivity index (χ3n) is 4.49. The highest BCUT2D eigenvalue weighted by Gasteiger charge is 2.20. The second-order valence-corrected chi connectivity index (χ2v) is 6.39. The lowest BCUT2D eigenvalue weighted by Gasteiger charge is -2.34. The molecule has 0 aromatic heterocycles. The number of benzene rings is 1. The molecule has 134 valence electrons. The van der Waals surface area contributed by atoms with Crippen molar-refractivity contribution in [1.82, 2.24) is 15.1 Å². The quantitative estimate of drug-likeness (QED) is 0.825. The number of carbonyl (C=O) groups excluding carboxylic acids is 1. The zero-order valence-electron chi connectivity index (χ0n) is 14.8. The zero-order chi connectivity index (χ0) is 17.5. The first-order valence-electron chi connectivity index (χ1n) is 8.58. The number of ether oxygens (including phenoxy) is 1. The molecule has 1 fully saturated rings. The molecule has 1 saturated heterocycles. The van der Waals surface area contributed by atoms with Gasteiger partial charge in [0.25, 0.3) is 0 Å². The second kappa shape index (κ2) is 8.99. The van der Waals surface area contributed by atoms with Crippen LogP contribution in [0.15, 0.2) is 18.2 Å². The lowest BCUT2D eigenvalue weighted by atomic mass is 10.1. The van der Waals surface area contributed by atoms with Gasteiger partial charge in [0.2, 0.25) is 5.91 Å². The molecule has 6 heteroatoms. The van der Waals surface area contributed by atoms with Gasteiger partial charge in [0.05, 0.1) is 13.7 Å². The molecule has 0 bridgehead atoms. The standard InChI is InChI=1S/C18H28FN3O2/c1-4-14(2)20-18(23)13-22-9-7-21(8-10-22)12-15-11-16(19)5-6-17(15)24-3/h5-6,11,14H,4,7-10,12-13H2,1-3H3,(H,20,23)/t14-/m1/s1. The fraction of sp³-hybridized carbons (Fsp3) is 0.611. The van der Waals surface area contributed by atoms with E-state index in [4.69, 9.17) is 4.74 Å². The number of rotatable bonds is 7. The molecule has 1 aliphatic heterocycles. The molecule has 24 heavy (non-hydrogen) atoms. The Kier molecular flexibility index (Phi) is 6.99. The van der Waals surface area contributed by atoms with Crippen molar-refractivity contribution >= 4 is 5.91 Å². The molecule has 1 N–H and O–H groups in total. The van der Waals surface area contributed by atoms with Gasteiger partial charge in [-0.05, 0) is 31.5 Å². The third kappa shape index (κ3) is 5.46. The summed E-state index contributed by atoms with van der Waals surface area (Å²) in [7, 11) is 1.60. The maximum atomic E-state index is 13.4. The van der Waals surface area contributed by atoms with E-state index >= 15 is 0 Å². The first kappa shape index (κ1) is 18.7. The summed E-state index contributed by atoms with van der Waals surface area (Å²) in [6.45, 7) is 8.58. The van der Waals surface area contributed by atoms with E-state index in [1.165, 1.54) is 12.1 Å². The summed E-state index contributed by atoms with van der Waals surface area (Å²) in [5, 5.41) is 3.00. The predicted molar refractivity (Wildman–Crippen MR) is 92.6 cm³/mol. The second-order valence-electron chi connectivity index (χ2n) is 6.39. The minimum absolute atomic E-state index is 0.0876. The molecular weight excluding hydrogens is 309 g/mol. The minimum Gasteiger partial charge on any atom is -0.496 e. The normalized spacial score (nSPS) is 17.5. The van der Waals surface area contributed by atoms with Crippen LogP contribution in [0.25, 0.3) is 0 Å². The van der Waals surface area contributed by atoms with Crippen LogP contribution in [0, 0.1) is 5.82 Å². The van der Waals surface area contributed by atoms with Gasteiger partial charge in [0.15, 0.2) is 0 Å². The van der Waals surface area contributed by atoms with Crippen molar-refractivity contribution in [1.29, 1.82) is 0 Å². The Morgan fingerprint density at radius 3 is 2.58 bits per heavy atom. The number of nitrogens with one attached hydrogen (secondary N) is 1. The van der Waals surface area contributed by atoms with Crippen molar-refractivity contribution in [2.45, 2.75) is 32.9 Å². The monoisotopic (exact) mass is 337 g/mol. The molecule has 0 radical (unpaired) electrons. The highest BCUT2D eigenvalue weighted by molar-refractivity contribution is 5.78. The highest BCUT2D eigenvalue weighted by Crippen LogP contribution is 2.21. The molecule has 0 spiro atoms. The number of piperazine rings is 1. The summed E-state index contributed by atoms with van der Waals surface area (Å²) in [4.78, 5) is 16.4. The van der Waals surface area contributed by atoms with E-state index in [1.54, 1.807) is 13.2 Å². The van der Waals surface area contributed by atoms with Crippen molar-refractivity contribution in [2.75, 3.05) is 39.8 Å². The van der Waals surface area contributed by atoms with E-state index in [1.807, 2.05) is 6.92 Å². The van der Waals surface area contributed by atoms with Crippen LogP contribution in [0.1, 0.15) is 25.8 Å². The van der Waals surface area contributed by atoms with Gasteiger partial charge < -0.3 is 10.1 Å². The maximum absolute atomic E-state index is 13.4. The summed E-state index contributed by atoms with van der Waals surface area (Å²) in [6, 6.07) is 4.83. The van der Waals surface area contributed by atoms with Crippen molar-refractivity contribution < 1.29 is 13.9 Å². The van der Waals surface area contributed by atoms with Gasteiger partial charge in [-0.2, -0.15) is 0 Å². The summed E-state index contributed by atoms with van der Waals surface area (Å²) < 4.78 is 18.8. The van der Waals surface area contributed by atoms with E-state index in [2.05, 4.69) is 22.0 Å². The number of hydrogen-bond acceptors (Lipinski definition) is 4. The van der Waals surface area contributed by atoms with Crippen LogP contribution in [0.3, 0.4) is 0 Å². The summed E-state index contributed by atoms with van der Waals surface area (Å²) in [6.07, 6.45) is 0.939. The Hall–Kier alpha value is -1.66. The molecule has 0 saturated carbocycles. The summed E-state index contributed by atoms with van der Waals surface area (Å²) in [5.74, 6) is 0.558. The lowest BCUT2D eigenvalue weighted by molar-refractivity contribution is -0.123. The van der Waals surface area contributed by atoms with Gasteiger partial charge in [0.1, 0.15) is 11.6 Å². The minimum atomic E-state index is -0.244. The topological polar surface area (TPSA) is 44.8 Å². The van der Waals surface area contributed by atoms with Crippen LogP contribution in [0.2, 0.25) is 0 Å². The highest BCUT2D eigenvalue weighted by atomic mass is 19.1. The lowest BCUT2D eigenvalue weighted by Crippen LogP contribution is -2.49. The Balaban J connectivity index is 1.81. The SMILES string of the molecule is CC[C@@H](C)NC(=O)CN1CCN(Cc2cc(F)ccc2OC)CC1. The van der Waals surface area contributed by atoms with Crippen LogP contribution in [-0.2, 0) is 11.3 Å². The first-order valence-corrected chi connectivity index (χ1v) is 8.58. The molecule has 1 amide bonds. The molecule has 1 atom stereocenters. The van der Waals surface area contributed by atoms with Crippen LogP contribution in [-0.4, -0.2) is 61.6 Å². The zero-order valence-corrected chi connectivity index (χ0v) is 14.8. The van der Waals surface area contributed by atoms with Gasteiger partial charge in [-0.1, -0.05) is 6.92 Å². The van der Waals surface area contributed by atoms with Gasteiger partial charge in [-0.25, -0.2) is 4.39 Å². The molecule has 1 heterocycles. The van der Waals surface area contributed by atoms with E-state index in [-0.39, 0.29) is 17.8 Å². The molecule has 0 aliphatic carbocycles. The van der Waals surface area contributed by atoms with E-state index in [0.717, 1.165) is 38.2 Å². The Labute approximate surface area is 143 Å². The van der Waals surface area contributed by atoms with Crippen LogP contribution in [0.5, 0.6) is 5.75 Å². The number of halogens is 1. The van der Waals surface area contributed by atoms with Crippen LogP contribution >= 0.6 is 0 Å². The molecule has 5 nitrogen and oxygen atoms in total. The van der Waals surface area contributed by atoms with Crippen LogP contribution in [0.4, 0.5) is 4.39 Å². The molecule has 1 aromatic carbocycles. The smallest absolute Gasteiger partial charge is 0.234 e. The maximum Gasteiger partial charge on any atom is 0.234 e. The number of methoxy groups -OCH3 is 1. The largest absolute Gasteiger partial charge is 0.496 e. The third-order valence-corrected chi connectivity index (χ3v) is 4.49. The number of amides is 1. The van der Waals surface area contributed by atoms with Gasteiger partial charge in [-0.3, -0.25) is 14.6 Å². The Morgan fingerprint density at radius 2 is 1.96 bits per heavy atom. The number of nitrogens with zero attached hydrogens (tertiary/aromatic N) is 2.